The number of nitrogens with zero attached hydrogens (tertiary/aromatic N) is 2. The van der Waals surface area contributed by atoms with Crippen LogP contribution in [0.25, 0.3) is 0 Å². The molecule has 0 fully saturated rings. The second-order valence-electron chi connectivity index (χ2n) is 4.77. The number of carbonyl (C=O) groups is 1. The summed E-state index contributed by atoms with van der Waals surface area (Å²) >= 11 is 12.1. The van der Waals surface area contributed by atoms with E-state index in [0.717, 1.165) is 5.56 Å². The summed E-state index contributed by atoms with van der Waals surface area (Å²) in [6.45, 7) is 1.94. The summed E-state index contributed by atoms with van der Waals surface area (Å²) in [6, 6.07) is 6.27. The van der Waals surface area contributed by atoms with Crippen LogP contribution in [0.3, 0.4) is 0 Å². The summed E-state index contributed by atoms with van der Waals surface area (Å²) < 4.78 is 1.60. The number of aliphatic hydroxyl groups is 1. The molecule has 1 atom stereocenters. The van der Waals surface area contributed by atoms with Crippen molar-refractivity contribution < 1.29 is 9.90 Å². The number of anilines is 1. The minimum absolute atomic E-state index is 0.134. The van der Waals surface area contributed by atoms with E-state index in [1.807, 2.05) is 6.07 Å². The van der Waals surface area contributed by atoms with Gasteiger partial charge in [0, 0.05) is 6.07 Å². The lowest BCUT2D eigenvalue weighted by molar-refractivity contribution is 0.229. The van der Waals surface area contributed by atoms with E-state index in [-0.39, 0.29) is 12.6 Å². The largest absolute Gasteiger partial charge is 0.394 e. The normalized spacial score (nSPS) is 12.0. The summed E-state index contributed by atoms with van der Waals surface area (Å²) in [5, 5.41) is 19.3. The van der Waals surface area contributed by atoms with Crippen molar-refractivity contribution >= 4 is 35.1 Å². The van der Waals surface area contributed by atoms with Gasteiger partial charge < -0.3 is 10.4 Å². The fourth-order valence-electron chi connectivity index (χ4n) is 1.82. The molecule has 0 saturated heterocycles. The molecule has 1 unspecified atom stereocenters. The number of carbonyl (C=O) groups excluding carboxylic acids is 1. The zero-order chi connectivity index (χ0) is 16.1. The van der Waals surface area contributed by atoms with E-state index in [0.29, 0.717) is 22.4 Å². The van der Waals surface area contributed by atoms with Crippen molar-refractivity contribution in [2.45, 2.75) is 19.5 Å². The van der Waals surface area contributed by atoms with E-state index in [2.05, 4.69) is 15.7 Å². The van der Waals surface area contributed by atoms with Gasteiger partial charge in [-0.2, -0.15) is 5.10 Å². The predicted octanol–water partition coefficient (Wildman–Crippen LogP) is 2.74. The second-order valence-corrected chi connectivity index (χ2v) is 5.55. The van der Waals surface area contributed by atoms with Crippen LogP contribution in [0.4, 0.5) is 10.6 Å². The molecule has 0 aliphatic heterocycles. The van der Waals surface area contributed by atoms with E-state index >= 15 is 0 Å². The first-order chi connectivity index (χ1) is 10.5. The lowest BCUT2D eigenvalue weighted by atomic mass is 10.2. The van der Waals surface area contributed by atoms with Gasteiger partial charge in [0.15, 0.2) is 0 Å². The summed E-state index contributed by atoms with van der Waals surface area (Å²) in [4.78, 5) is 11.8. The third-order valence-electron chi connectivity index (χ3n) is 2.96. The highest BCUT2D eigenvalue weighted by Gasteiger charge is 2.11. The number of rotatable bonds is 5. The Hall–Kier alpha value is -1.76. The Kier molecular flexibility index (Phi) is 5.65. The second kappa shape index (κ2) is 7.49. The van der Waals surface area contributed by atoms with Gasteiger partial charge in [-0.05, 0) is 18.6 Å². The minimum atomic E-state index is -0.416. The van der Waals surface area contributed by atoms with Gasteiger partial charge in [0.05, 0.1) is 35.4 Å². The highest BCUT2D eigenvalue weighted by molar-refractivity contribution is 6.42. The van der Waals surface area contributed by atoms with Crippen LogP contribution in [0.15, 0.2) is 30.5 Å². The molecular weight excluding hydrogens is 327 g/mol. The maximum absolute atomic E-state index is 11.8. The Balaban J connectivity index is 2.09. The molecule has 3 N–H and O–H groups in total. The Morgan fingerprint density at radius 3 is 2.91 bits per heavy atom. The van der Waals surface area contributed by atoms with Crippen molar-refractivity contribution in [3.05, 3.63) is 46.1 Å². The monoisotopic (exact) mass is 342 g/mol. The van der Waals surface area contributed by atoms with E-state index in [1.165, 1.54) is 0 Å². The summed E-state index contributed by atoms with van der Waals surface area (Å²) in [5.74, 6) is 0.513. The number of amides is 2. The van der Waals surface area contributed by atoms with Crippen molar-refractivity contribution in [3.8, 4) is 0 Å². The van der Waals surface area contributed by atoms with Gasteiger partial charge in [-0.15, -0.1) is 0 Å². The number of hydrogen-bond donors (Lipinski definition) is 3. The predicted molar refractivity (Wildman–Crippen MR) is 86.5 cm³/mol. The number of nitrogens with one attached hydrogen (secondary N) is 2. The Morgan fingerprint density at radius 1 is 1.41 bits per heavy atom. The molecule has 0 spiro atoms. The fraction of sp³-hybridized carbons (Fsp3) is 0.286. The van der Waals surface area contributed by atoms with Crippen LogP contribution < -0.4 is 10.6 Å². The summed E-state index contributed by atoms with van der Waals surface area (Å²) in [5.41, 5.74) is 0.796. The standard InChI is InChI=1S/C14H16Cl2N4O2/c1-9(8-21)18-14(22)19-12-5-6-17-20(12)7-10-3-2-4-11(15)13(10)16/h2-6,9,21H,7-8H2,1H3,(H2,18,19,22). The number of aliphatic hydroxyl groups excluding tert-OH is 1. The Labute approximate surface area is 138 Å². The maximum atomic E-state index is 11.8. The van der Waals surface area contributed by atoms with Gasteiger partial charge in [0.25, 0.3) is 0 Å². The summed E-state index contributed by atoms with van der Waals surface area (Å²) in [6.07, 6.45) is 1.57. The Bertz CT molecular complexity index is 660. The quantitative estimate of drug-likeness (QED) is 0.781. The van der Waals surface area contributed by atoms with Crippen LogP contribution in [-0.4, -0.2) is 33.6 Å². The highest BCUT2D eigenvalue weighted by Crippen LogP contribution is 2.26. The number of aromatic nitrogens is 2. The minimum Gasteiger partial charge on any atom is -0.394 e. The molecule has 0 radical (unpaired) electrons. The van der Waals surface area contributed by atoms with Gasteiger partial charge >= 0.3 is 6.03 Å². The van der Waals surface area contributed by atoms with Crippen LogP contribution >= 0.6 is 23.2 Å². The lowest BCUT2D eigenvalue weighted by Crippen LogP contribution is -2.38. The molecule has 0 aliphatic carbocycles. The molecule has 8 heteroatoms. The maximum Gasteiger partial charge on any atom is 0.320 e. The average molecular weight is 343 g/mol. The third kappa shape index (κ3) is 4.13. The fourth-order valence-corrected chi connectivity index (χ4v) is 2.20. The molecule has 1 aromatic carbocycles. The Morgan fingerprint density at radius 2 is 2.18 bits per heavy atom. The van der Waals surface area contributed by atoms with Crippen molar-refractivity contribution in [1.29, 1.82) is 0 Å². The molecule has 2 amide bonds. The van der Waals surface area contributed by atoms with Crippen LogP contribution in [0.1, 0.15) is 12.5 Å². The number of halogens is 2. The zero-order valence-electron chi connectivity index (χ0n) is 11.9. The van der Waals surface area contributed by atoms with E-state index in [9.17, 15) is 4.79 Å². The molecular formula is C14H16Cl2N4O2. The first-order valence-electron chi connectivity index (χ1n) is 6.64. The zero-order valence-corrected chi connectivity index (χ0v) is 13.4. The van der Waals surface area contributed by atoms with Gasteiger partial charge in [-0.25, -0.2) is 9.48 Å². The third-order valence-corrected chi connectivity index (χ3v) is 3.82. The topological polar surface area (TPSA) is 79.2 Å². The first-order valence-corrected chi connectivity index (χ1v) is 7.40. The van der Waals surface area contributed by atoms with Crippen LogP contribution in [0.2, 0.25) is 10.0 Å². The van der Waals surface area contributed by atoms with Crippen molar-refractivity contribution in [2.24, 2.45) is 0 Å². The molecule has 2 rings (SSSR count). The molecule has 0 aliphatic rings. The molecule has 6 nitrogen and oxygen atoms in total. The SMILES string of the molecule is CC(CO)NC(=O)Nc1ccnn1Cc1cccc(Cl)c1Cl. The summed E-state index contributed by atoms with van der Waals surface area (Å²) in [7, 11) is 0. The van der Waals surface area contributed by atoms with Crippen LogP contribution in [0.5, 0.6) is 0 Å². The van der Waals surface area contributed by atoms with Gasteiger partial charge in [-0.1, -0.05) is 35.3 Å². The van der Waals surface area contributed by atoms with Gasteiger partial charge in [0.1, 0.15) is 5.82 Å². The van der Waals surface area contributed by atoms with Crippen molar-refractivity contribution in [3.63, 3.8) is 0 Å². The molecule has 22 heavy (non-hydrogen) atoms. The van der Waals surface area contributed by atoms with Crippen molar-refractivity contribution in [2.75, 3.05) is 11.9 Å². The van der Waals surface area contributed by atoms with Crippen LogP contribution in [-0.2, 0) is 6.54 Å². The lowest BCUT2D eigenvalue weighted by Gasteiger charge is -2.13. The molecule has 0 saturated carbocycles. The smallest absolute Gasteiger partial charge is 0.320 e. The van der Waals surface area contributed by atoms with E-state index in [4.69, 9.17) is 28.3 Å². The number of urea groups is 1. The number of benzene rings is 1. The average Bonchev–Trinajstić information content (AvgIpc) is 2.90. The van der Waals surface area contributed by atoms with E-state index in [1.54, 1.807) is 36.0 Å². The van der Waals surface area contributed by atoms with Crippen molar-refractivity contribution in [1.82, 2.24) is 15.1 Å². The highest BCUT2D eigenvalue weighted by atomic mass is 35.5. The van der Waals surface area contributed by atoms with E-state index < -0.39 is 6.03 Å². The van der Waals surface area contributed by atoms with Gasteiger partial charge in [-0.3, -0.25) is 5.32 Å². The first kappa shape index (κ1) is 16.6. The molecule has 1 aromatic heterocycles. The number of hydrogen-bond acceptors (Lipinski definition) is 3. The molecule has 118 valence electrons. The van der Waals surface area contributed by atoms with Gasteiger partial charge in [0.2, 0.25) is 0 Å². The van der Waals surface area contributed by atoms with Crippen LogP contribution in [0, 0.1) is 0 Å². The molecule has 2 aromatic rings. The molecule has 0 bridgehead atoms. The molecule has 1 heterocycles.